The number of urea groups is 1. The van der Waals surface area contributed by atoms with Gasteiger partial charge in [0.05, 0.1) is 29.8 Å². The number of aromatic carboxylic acids is 1. The van der Waals surface area contributed by atoms with Gasteiger partial charge in [0.2, 0.25) is 0 Å². The van der Waals surface area contributed by atoms with Crippen LogP contribution in [0.5, 0.6) is 0 Å². The van der Waals surface area contributed by atoms with Gasteiger partial charge in [0, 0.05) is 11.9 Å². The lowest BCUT2D eigenvalue weighted by atomic mass is 10.3. The summed E-state index contributed by atoms with van der Waals surface area (Å²) in [5, 5.41) is 14.1. The Hall–Kier alpha value is -2.90. The Morgan fingerprint density at radius 3 is 2.67 bits per heavy atom. The fourth-order valence-corrected chi connectivity index (χ4v) is 1.70. The molecular weight excluding hydrogens is 274 g/mol. The molecule has 0 aromatic carbocycles. The molecule has 4 N–H and O–H groups in total. The lowest BCUT2D eigenvalue weighted by Gasteiger charge is -2.06. The van der Waals surface area contributed by atoms with Gasteiger partial charge in [-0.25, -0.2) is 9.59 Å². The van der Waals surface area contributed by atoms with Crippen LogP contribution in [0.25, 0.3) is 0 Å². The molecule has 0 spiro atoms. The van der Waals surface area contributed by atoms with Crippen LogP contribution in [-0.2, 0) is 6.54 Å². The minimum absolute atomic E-state index is 0.0576. The minimum Gasteiger partial charge on any atom is -0.477 e. The summed E-state index contributed by atoms with van der Waals surface area (Å²) >= 11 is 0. The minimum atomic E-state index is -1.14. The fraction of sp³-hybridized carbons (Fsp3) is 0.231. The molecular formula is C13H15N5O3. The normalized spacial score (nSPS) is 10.2. The fourth-order valence-electron chi connectivity index (χ4n) is 1.70. The number of hydrogen-bond donors (Lipinski definition) is 4. The Bertz CT molecular complexity index is 663. The van der Waals surface area contributed by atoms with Crippen LogP contribution in [0.1, 0.15) is 27.6 Å². The van der Waals surface area contributed by atoms with E-state index in [4.69, 9.17) is 5.11 Å². The molecule has 0 aliphatic rings. The van der Waals surface area contributed by atoms with E-state index in [1.807, 2.05) is 6.92 Å². The first kappa shape index (κ1) is 14.5. The van der Waals surface area contributed by atoms with E-state index in [-0.39, 0.29) is 17.9 Å². The molecule has 0 saturated carbocycles. The topological polar surface area (TPSA) is 120 Å². The van der Waals surface area contributed by atoms with E-state index < -0.39 is 12.0 Å². The highest BCUT2D eigenvalue weighted by Crippen LogP contribution is 2.16. The summed E-state index contributed by atoms with van der Waals surface area (Å²) in [5.74, 6) is -1.14. The number of rotatable bonds is 4. The van der Waals surface area contributed by atoms with Gasteiger partial charge < -0.3 is 20.7 Å². The number of hydrogen-bond acceptors (Lipinski definition) is 4. The standard InChI is InChI=1S/C13H15N5O3/c1-7-3-10(11(17-7)12(19)20)18-13(21)16-6-9-5-14-8(2)4-15-9/h3-5,17H,6H2,1-2H3,(H,19,20)(H2,16,18,21). The molecule has 0 radical (unpaired) electrons. The molecule has 0 fully saturated rings. The first-order chi connectivity index (χ1) is 9.95. The van der Waals surface area contributed by atoms with Crippen LogP contribution < -0.4 is 10.6 Å². The summed E-state index contributed by atoms with van der Waals surface area (Å²) in [6.07, 6.45) is 3.17. The second-order valence-corrected chi connectivity index (χ2v) is 4.50. The highest BCUT2D eigenvalue weighted by atomic mass is 16.4. The van der Waals surface area contributed by atoms with Gasteiger partial charge >= 0.3 is 12.0 Å². The van der Waals surface area contributed by atoms with Crippen LogP contribution in [0.15, 0.2) is 18.5 Å². The monoisotopic (exact) mass is 289 g/mol. The molecule has 0 bridgehead atoms. The quantitative estimate of drug-likeness (QED) is 0.679. The lowest BCUT2D eigenvalue weighted by molar-refractivity contribution is 0.0692. The second-order valence-electron chi connectivity index (χ2n) is 4.50. The van der Waals surface area contributed by atoms with Crippen molar-refractivity contribution in [1.29, 1.82) is 0 Å². The Morgan fingerprint density at radius 1 is 1.29 bits per heavy atom. The Balaban J connectivity index is 1.96. The third-order valence-electron chi connectivity index (χ3n) is 2.68. The number of carbonyl (C=O) groups excluding carboxylic acids is 1. The van der Waals surface area contributed by atoms with Gasteiger partial charge in [0.15, 0.2) is 0 Å². The zero-order chi connectivity index (χ0) is 15.4. The van der Waals surface area contributed by atoms with Crippen LogP contribution >= 0.6 is 0 Å². The Labute approximate surface area is 120 Å². The number of carboxylic acids is 1. The predicted octanol–water partition coefficient (Wildman–Crippen LogP) is 1.44. The molecule has 2 aromatic heterocycles. The highest BCUT2D eigenvalue weighted by Gasteiger charge is 2.15. The lowest BCUT2D eigenvalue weighted by Crippen LogP contribution is -2.29. The van der Waals surface area contributed by atoms with E-state index in [1.54, 1.807) is 25.4 Å². The zero-order valence-electron chi connectivity index (χ0n) is 11.6. The summed E-state index contributed by atoms with van der Waals surface area (Å²) in [6.45, 7) is 3.72. The molecule has 110 valence electrons. The van der Waals surface area contributed by atoms with Crippen molar-refractivity contribution in [3.05, 3.63) is 41.2 Å². The molecule has 2 rings (SSSR count). The maximum Gasteiger partial charge on any atom is 0.354 e. The zero-order valence-corrected chi connectivity index (χ0v) is 11.6. The molecule has 8 heteroatoms. The molecule has 0 aliphatic carbocycles. The van der Waals surface area contributed by atoms with Crippen LogP contribution in [0.3, 0.4) is 0 Å². The molecule has 8 nitrogen and oxygen atoms in total. The number of aromatic nitrogens is 3. The molecule has 0 aliphatic heterocycles. The first-order valence-electron chi connectivity index (χ1n) is 6.21. The third kappa shape index (κ3) is 3.78. The Morgan fingerprint density at radius 2 is 2.05 bits per heavy atom. The number of aryl methyl sites for hydroxylation is 2. The molecule has 0 atom stereocenters. The number of anilines is 1. The van der Waals surface area contributed by atoms with Gasteiger partial charge in [-0.3, -0.25) is 9.97 Å². The molecule has 0 saturated heterocycles. The van der Waals surface area contributed by atoms with Gasteiger partial charge in [0.1, 0.15) is 5.69 Å². The van der Waals surface area contributed by atoms with Gasteiger partial charge in [-0.05, 0) is 19.9 Å². The molecule has 2 amide bonds. The molecule has 2 heterocycles. The summed E-state index contributed by atoms with van der Waals surface area (Å²) in [4.78, 5) is 33.6. The number of amides is 2. The maximum atomic E-state index is 11.8. The van der Waals surface area contributed by atoms with Crippen molar-refractivity contribution in [1.82, 2.24) is 20.3 Å². The average molecular weight is 289 g/mol. The predicted molar refractivity (Wildman–Crippen MR) is 75.1 cm³/mol. The van der Waals surface area contributed by atoms with E-state index in [0.717, 1.165) is 5.69 Å². The van der Waals surface area contributed by atoms with Crippen molar-refractivity contribution in [2.75, 3.05) is 5.32 Å². The number of carboxylic acid groups (broad SMARTS) is 1. The van der Waals surface area contributed by atoms with Gasteiger partial charge in [-0.15, -0.1) is 0 Å². The molecule has 0 unspecified atom stereocenters. The van der Waals surface area contributed by atoms with Crippen molar-refractivity contribution in [2.45, 2.75) is 20.4 Å². The van der Waals surface area contributed by atoms with E-state index in [2.05, 4.69) is 25.6 Å². The molecule has 21 heavy (non-hydrogen) atoms. The first-order valence-corrected chi connectivity index (χ1v) is 6.21. The van der Waals surface area contributed by atoms with Gasteiger partial charge in [-0.1, -0.05) is 0 Å². The van der Waals surface area contributed by atoms with Gasteiger partial charge in [0.25, 0.3) is 0 Å². The van der Waals surface area contributed by atoms with E-state index in [0.29, 0.717) is 11.4 Å². The van der Waals surface area contributed by atoms with Crippen molar-refractivity contribution >= 4 is 17.7 Å². The Kier molecular flexibility index (Phi) is 4.17. The van der Waals surface area contributed by atoms with Crippen molar-refractivity contribution < 1.29 is 14.7 Å². The van der Waals surface area contributed by atoms with Crippen molar-refractivity contribution in [3.63, 3.8) is 0 Å². The molecule has 2 aromatic rings. The summed E-state index contributed by atoms with van der Waals surface area (Å²) in [6, 6.07) is 1.04. The SMILES string of the molecule is Cc1cnc(CNC(=O)Nc2cc(C)[nH]c2C(=O)O)cn1. The van der Waals surface area contributed by atoms with Crippen molar-refractivity contribution in [2.24, 2.45) is 0 Å². The number of nitrogens with zero attached hydrogens (tertiary/aromatic N) is 2. The van der Waals surface area contributed by atoms with E-state index in [9.17, 15) is 9.59 Å². The number of nitrogens with one attached hydrogen (secondary N) is 3. The van der Waals surface area contributed by atoms with E-state index >= 15 is 0 Å². The second kappa shape index (κ2) is 6.04. The number of carbonyl (C=O) groups is 2. The summed E-state index contributed by atoms with van der Waals surface area (Å²) < 4.78 is 0. The van der Waals surface area contributed by atoms with Crippen LogP contribution in [0.2, 0.25) is 0 Å². The number of aromatic amines is 1. The van der Waals surface area contributed by atoms with Gasteiger partial charge in [-0.2, -0.15) is 0 Å². The highest BCUT2D eigenvalue weighted by molar-refractivity contribution is 5.99. The van der Waals surface area contributed by atoms with Crippen LogP contribution in [0.4, 0.5) is 10.5 Å². The van der Waals surface area contributed by atoms with Crippen LogP contribution in [0, 0.1) is 13.8 Å². The average Bonchev–Trinajstić information content (AvgIpc) is 2.79. The third-order valence-corrected chi connectivity index (χ3v) is 2.68. The maximum absolute atomic E-state index is 11.8. The smallest absolute Gasteiger partial charge is 0.354 e. The summed E-state index contributed by atoms with van der Waals surface area (Å²) in [7, 11) is 0. The van der Waals surface area contributed by atoms with Crippen LogP contribution in [-0.4, -0.2) is 32.1 Å². The number of H-pyrrole nitrogens is 1. The summed E-state index contributed by atoms with van der Waals surface area (Å²) in [5.41, 5.74) is 2.20. The van der Waals surface area contributed by atoms with Crippen molar-refractivity contribution in [3.8, 4) is 0 Å². The van der Waals surface area contributed by atoms with E-state index in [1.165, 1.54) is 0 Å². The largest absolute Gasteiger partial charge is 0.477 e.